The lowest BCUT2D eigenvalue weighted by molar-refractivity contribution is 0.0950. The van der Waals surface area contributed by atoms with E-state index in [-0.39, 0.29) is 40.0 Å². The first-order chi connectivity index (χ1) is 17.1. The van der Waals surface area contributed by atoms with Crippen LogP contribution in [0.3, 0.4) is 0 Å². The van der Waals surface area contributed by atoms with E-state index in [0.717, 1.165) is 17.7 Å². The molecule has 0 bridgehead atoms. The number of urea groups is 1. The van der Waals surface area contributed by atoms with Crippen LogP contribution in [0.5, 0.6) is 5.75 Å². The highest BCUT2D eigenvalue weighted by molar-refractivity contribution is 6.31. The maximum absolute atomic E-state index is 14.5. The van der Waals surface area contributed by atoms with Crippen molar-refractivity contribution >= 4 is 29.2 Å². The van der Waals surface area contributed by atoms with Crippen molar-refractivity contribution < 1.29 is 27.5 Å². The maximum atomic E-state index is 14.5. The Labute approximate surface area is 211 Å². The number of carbonyl (C=O) groups excluding carboxylic acids is 2. The highest BCUT2D eigenvalue weighted by Gasteiger charge is 2.34. The smallest absolute Gasteiger partial charge is 0.325 e. The van der Waals surface area contributed by atoms with E-state index in [0.29, 0.717) is 5.69 Å². The van der Waals surface area contributed by atoms with Crippen molar-refractivity contribution in [3.63, 3.8) is 0 Å². The molecule has 4 rings (SSSR count). The Morgan fingerprint density at radius 2 is 1.75 bits per heavy atom. The quantitative estimate of drug-likeness (QED) is 0.447. The van der Waals surface area contributed by atoms with Crippen molar-refractivity contribution in [1.82, 2.24) is 10.2 Å². The number of nitrogens with zero attached hydrogens (tertiary/aromatic N) is 2. The van der Waals surface area contributed by atoms with Crippen molar-refractivity contribution in [3.05, 3.63) is 93.3 Å². The van der Waals surface area contributed by atoms with E-state index in [1.807, 2.05) is 6.92 Å². The van der Waals surface area contributed by atoms with Crippen LogP contribution in [-0.4, -0.2) is 31.0 Å². The zero-order chi connectivity index (χ0) is 26.1. The van der Waals surface area contributed by atoms with Gasteiger partial charge in [0.1, 0.15) is 23.2 Å². The third kappa shape index (κ3) is 4.70. The molecule has 3 aromatic rings. The molecule has 1 N–H and O–H groups in total. The minimum atomic E-state index is -0.854. The minimum absolute atomic E-state index is 0.0218. The molecule has 1 aliphatic rings. The number of amides is 3. The number of nitrogens with one attached hydrogen (secondary N) is 1. The fourth-order valence-electron chi connectivity index (χ4n) is 4.07. The highest BCUT2D eigenvalue weighted by atomic mass is 35.5. The average Bonchev–Trinajstić information content (AvgIpc) is 2.85. The van der Waals surface area contributed by atoms with E-state index in [1.165, 1.54) is 41.2 Å². The van der Waals surface area contributed by atoms with Crippen LogP contribution >= 0.6 is 11.6 Å². The molecule has 1 unspecified atom stereocenters. The van der Waals surface area contributed by atoms with Gasteiger partial charge in [0.25, 0.3) is 5.91 Å². The molecule has 1 atom stereocenters. The molecule has 0 aromatic heterocycles. The van der Waals surface area contributed by atoms with Gasteiger partial charge in [0, 0.05) is 47.4 Å². The molecule has 0 fully saturated rings. The summed E-state index contributed by atoms with van der Waals surface area (Å²) in [4.78, 5) is 28.9. The van der Waals surface area contributed by atoms with Gasteiger partial charge in [-0.3, -0.25) is 9.69 Å². The van der Waals surface area contributed by atoms with Gasteiger partial charge in [-0.2, -0.15) is 0 Å². The molecule has 36 heavy (non-hydrogen) atoms. The standard InChI is InChI=1S/C26H23ClF3N3O3/c1-14-17-8-7-15(25(34)31-12-18-22(29)10-16(36-3)11-23(18)30)9-24(17)33(26(35)32(14)2)13-19-20(27)5-4-6-21(19)28/h4-11,14H,12-13H2,1-3H3,(H,31,34). The van der Waals surface area contributed by atoms with Gasteiger partial charge < -0.3 is 15.0 Å². The Morgan fingerprint density at radius 1 is 1.06 bits per heavy atom. The molecular weight excluding hydrogens is 495 g/mol. The molecular formula is C26H23ClF3N3O3. The third-order valence-electron chi connectivity index (χ3n) is 6.30. The second-order valence-corrected chi connectivity index (χ2v) is 8.79. The van der Waals surface area contributed by atoms with Gasteiger partial charge in [0.15, 0.2) is 0 Å². The number of ether oxygens (including phenoxy) is 1. The van der Waals surface area contributed by atoms with E-state index in [1.54, 1.807) is 19.2 Å². The summed E-state index contributed by atoms with van der Waals surface area (Å²) in [6.45, 7) is 1.28. The molecule has 0 radical (unpaired) electrons. The van der Waals surface area contributed by atoms with Gasteiger partial charge >= 0.3 is 6.03 Å². The maximum Gasteiger partial charge on any atom is 0.325 e. The number of carbonyl (C=O) groups is 2. The largest absolute Gasteiger partial charge is 0.497 e. The predicted octanol–water partition coefficient (Wildman–Crippen LogP) is 5.83. The summed E-state index contributed by atoms with van der Waals surface area (Å²) in [6.07, 6.45) is 0. The van der Waals surface area contributed by atoms with E-state index < -0.39 is 35.9 Å². The minimum Gasteiger partial charge on any atom is -0.497 e. The lowest BCUT2D eigenvalue weighted by atomic mass is 9.98. The van der Waals surface area contributed by atoms with Crippen molar-refractivity contribution in [2.75, 3.05) is 19.1 Å². The lowest BCUT2D eigenvalue weighted by Crippen LogP contribution is -2.46. The molecule has 0 spiro atoms. The van der Waals surface area contributed by atoms with Gasteiger partial charge in [-0.05, 0) is 36.8 Å². The number of hydrogen-bond donors (Lipinski definition) is 1. The van der Waals surface area contributed by atoms with Crippen LogP contribution in [0, 0.1) is 17.5 Å². The number of fused-ring (bicyclic) bond motifs is 1. The Hall–Kier alpha value is -3.72. The Morgan fingerprint density at radius 3 is 2.39 bits per heavy atom. The van der Waals surface area contributed by atoms with Crippen molar-refractivity contribution in [1.29, 1.82) is 0 Å². The van der Waals surface area contributed by atoms with Crippen molar-refractivity contribution in [3.8, 4) is 5.75 Å². The summed E-state index contributed by atoms with van der Waals surface area (Å²) in [5.41, 5.74) is 1.15. The summed E-state index contributed by atoms with van der Waals surface area (Å²) in [5.74, 6) is -2.85. The zero-order valence-electron chi connectivity index (χ0n) is 19.7. The second kappa shape index (κ2) is 10.1. The molecule has 1 aliphatic heterocycles. The third-order valence-corrected chi connectivity index (χ3v) is 6.66. The van der Waals surface area contributed by atoms with Crippen LogP contribution in [0.15, 0.2) is 48.5 Å². The second-order valence-electron chi connectivity index (χ2n) is 8.38. The number of rotatable bonds is 6. The van der Waals surface area contributed by atoms with Gasteiger partial charge in [0.2, 0.25) is 0 Å². The zero-order valence-corrected chi connectivity index (χ0v) is 20.5. The molecule has 3 amide bonds. The summed E-state index contributed by atoms with van der Waals surface area (Å²) in [6, 6.07) is 10.4. The first-order valence-electron chi connectivity index (χ1n) is 11.0. The van der Waals surface area contributed by atoms with E-state index >= 15 is 0 Å². The number of benzene rings is 3. The lowest BCUT2D eigenvalue weighted by Gasteiger charge is -2.39. The van der Waals surface area contributed by atoms with Crippen LogP contribution in [0.25, 0.3) is 0 Å². The van der Waals surface area contributed by atoms with E-state index in [2.05, 4.69) is 5.32 Å². The van der Waals surface area contributed by atoms with E-state index in [4.69, 9.17) is 16.3 Å². The van der Waals surface area contributed by atoms with Crippen molar-refractivity contribution in [2.24, 2.45) is 0 Å². The SMILES string of the molecule is COc1cc(F)c(CNC(=O)c2ccc3c(c2)N(Cc2c(F)cccc2Cl)C(=O)N(C)C3C)c(F)c1. The molecule has 6 nitrogen and oxygen atoms in total. The summed E-state index contributed by atoms with van der Waals surface area (Å²) in [5, 5.41) is 2.67. The Kier molecular flexibility index (Phi) is 7.12. The van der Waals surface area contributed by atoms with Gasteiger partial charge in [-0.25, -0.2) is 18.0 Å². The Balaban J connectivity index is 1.64. The molecule has 0 saturated carbocycles. The number of halogens is 4. The summed E-state index contributed by atoms with van der Waals surface area (Å²) < 4.78 is 47.9. The topological polar surface area (TPSA) is 61.9 Å². The van der Waals surface area contributed by atoms with Crippen LogP contribution < -0.4 is 15.0 Å². The molecule has 188 valence electrons. The average molecular weight is 518 g/mol. The summed E-state index contributed by atoms with van der Waals surface area (Å²) >= 11 is 6.19. The van der Waals surface area contributed by atoms with Gasteiger partial charge in [0.05, 0.1) is 25.4 Å². The molecule has 1 heterocycles. The van der Waals surface area contributed by atoms with Crippen LogP contribution in [0.4, 0.5) is 23.7 Å². The first kappa shape index (κ1) is 25.4. The summed E-state index contributed by atoms with van der Waals surface area (Å²) in [7, 11) is 2.92. The number of anilines is 1. The molecule has 0 aliphatic carbocycles. The predicted molar refractivity (Wildman–Crippen MR) is 130 cm³/mol. The first-order valence-corrected chi connectivity index (χ1v) is 11.4. The van der Waals surface area contributed by atoms with Gasteiger partial charge in [-0.15, -0.1) is 0 Å². The van der Waals surface area contributed by atoms with Crippen LogP contribution in [-0.2, 0) is 13.1 Å². The molecule has 3 aromatic carbocycles. The van der Waals surface area contributed by atoms with Crippen LogP contribution in [0.1, 0.15) is 40.0 Å². The Bertz CT molecular complexity index is 1310. The monoisotopic (exact) mass is 517 g/mol. The number of methoxy groups -OCH3 is 1. The number of hydrogen-bond acceptors (Lipinski definition) is 3. The van der Waals surface area contributed by atoms with Crippen LogP contribution in [0.2, 0.25) is 5.02 Å². The van der Waals surface area contributed by atoms with Crippen molar-refractivity contribution in [2.45, 2.75) is 26.1 Å². The fraction of sp³-hybridized carbons (Fsp3) is 0.231. The fourth-order valence-corrected chi connectivity index (χ4v) is 4.29. The highest BCUT2D eigenvalue weighted by Crippen LogP contribution is 2.38. The molecule has 0 saturated heterocycles. The molecule has 10 heteroatoms. The van der Waals surface area contributed by atoms with E-state index in [9.17, 15) is 22.8 Å². The van der Waals surface area contributed by atoms with Gasteiger partial charge in [-0.1, -0.05) is 23.7 Å². The normalized spacial score (nSPS) is 15.1.